The predicted octanol–water partition coefficient (Wildman–Crippen LogP) is 4.26. The Balaban J connectivity index is 1.80. The fourth-order valence-corrected chi connectivity index (χ4v) is 2.21. The lowest BCUT2D eigenvalue weighted by Gasteiger charge is -2.11. The molecule has 0 aromatic heterocycles. The molecule has 0 fully saturated rings. The van der Waals surface area contributed by atoms with Crippen molar-refractivity contribution < 1.29 is 9.47 Å². The molecular weight excluding hydrogens is 318 g/mol. The second-order valence-corrected chi connectivity index (χ2v) is 5.18. The Hall–Kier alpha value is -1.68. The summed E-state index contributed by atoms with van der Waals surface area (Å²) in [4.78, 5) is 0. The fraction of sp³-hybridized carbons (Fsp3) is 0.250. The molecule has 0 atom stereocenters. The lowest BCUT2D eigenvalue weighted by atomic mass is 10.2. The monoisotopic (exact) mass is 335 g/mol. The zero-order chi connectivity index (χ0) is 14.4. The molecule has 0 saturated carbocycles. The zero-order valence-electron chi connectivity index (χ0n) is 11.7. The zero-order valence-corrected chi connectivity index (χ0v) is 13.2. The molecule has 2 rings (SSSR count). The number of nitrogens with one attached hydrogen (secondary N) is 1. The van der Waals surface area contributed by atoms with Crippen molar-refractivity contribution in [1.29, 1.82) is 0 Å². The van der Waals surface area contributed by atoms with Gasteiger partial charge in [0.25, 0.3) is 0 Å². The molecule has 0 saturated heterocycles. The minimum absolute atomic E-state index is 0.604. The molecule has 3 nitrogen and oxygen atoms in total. The molecule has 0 heterocycles. The Morgan fingerprint density at radius 3 is 2.45 bits per heavy atom. The number of aryl methyl sites for hydroxylation is 1. The van der Waals surface area contributed by atoms with E-state index in [1.165, 1.54) is 5.56 Å². The number of rotatable bonds is 6. The lowest BCUT2D eigenvalue weighted by Crippen LogP contribution is -2.11. The van der Waals surface area contributed by atoms with E-state index < -0.39 is 0 Å². The van der Waals surface area contributed by atoms with Crippen LogP contribution in [0, 0.1) is 6.92 Å². The summed E-state index contributed by atoms with van der Waals surface area (Å²) in [6.45, 7) is 3.42. The van der Waals surface area contributed by atoms with Crippen molar-refractivity contribution >= 4 is 21.6 Å². The van der Waals surface area contributed by atoms with Gasteiger partial charge >= 0.3 is 0 Å². The maximum absolute atomic E-state index is 5.66. The van der Waals surface area contributed by atoms with Gasteiger partial charge in [0.1, 0.15) is 18.1 Å². The van der Waals surface area contributed by atoms with E-state index in [9.17, 15) is 0 Å². The van der Waals surface area contributed by atoms with Crippen LogP contribution in [-0.4, -0.2) is 20.3 Å². The fourth-order valence-electron chi connectivity index (χ4n) is 1.81. The van der Waals surface area contributed by atoms with Crippen LogP contribution in [0.3, 0.4) is 0 Å². The Kier molecular flexibility index (Phi) is 5.30. The van der Waals surface area contributed by atoms with Crippen LogP contribution in [0.5, 0.6) is 11.5 Å². The van der Waals surface area contributed by atoms with Crippen LogP contribution in [-0.2, 0) is 0 Å². The molecule has 0 aliphatic rings. The third-order valence-corrected chi connectivity index (χ3v) is 3.99. The average Bonchev–Trinajstić information content (AvgIpc) is 2.48. The van der Waals surface area contributed by atoms with Gasteiger partial charge in [-0.3, -0.25) is 0 Å². The molecule has 2 aromatic carbocycles. The predicted molar refractivity (Wildman–Crippen MR) is 85.9 cm³/mol. The summed E-state index contributed by atoms with van der Waals surface area (Å²) in [5.41, 5.74) is 2.30. The maximum Gasteiger partial charge on any atom is 0.119 e. The van der Waals surface area contributed by atoms with Gasteiger partial charge in [0.15, 0.2) is 0 Å². The van der Waals surface area contributed by atoms with Crippen LogP contribution in [0.1, 0.15) is 5.56 Å². The van der Waals surface area contributed by atoms with E-state index in [0.29, 0.717) is 6.61 Å². The molecule has 106 valence electrons. The highest BCUT2D eigenvalue weighted by Gasteiger charge is 2.01. The van der Waals surface area contributed by atoms with E-state index in [0.717, 1.165) is 28.2 Å². The highest BCUT2D eigenvalue weighted by atomic mass is 79.9. The SMILES string of the molecule is COc1ccc(OCCNc2cccc(C)c2Br)cc1. The number of ether oxygens (including phenoxy) is 2. The Morgan fingerprint density at radius 2 is 1.75 bits per heavy atom. The first-order valence-corrected chi connectivity index (χ1v) is 7.26. The normalized spacial score (nSPS) is 10.2. The molecule has 0 aliphatic heterocycles. The molecule has 1 N–H and O–H groups in total. The molecule has 0 amide bonds. The number of halogens is 1. The number of methoxy groups -OCH3 is 1. The van der Waals surface area contributed by atoms with Crippen LogP contribution >= 0.6 is 15.9 Å². The molecule has 0 aliphatic carbocycles. The molecule has 0 unspecified atom stereocenters. The minimum Gasteiger partial charge on any atom is -0.497 e. The van der Waals surface area contributed by atoms with Gasteiger partial charge in [-0.1, -0.05) is 12.1 Å². The third-order valence-electron chi connectivity index (χ3n) is 2.94. The summed E-state index contributed by atoms with van der Waals surface area (Å²) in [5.74, 6) is 1.68. The van der Waals surface area contributed by atoms with Crippen LogP contribution in [0.4, 0.5) is 5.69 Å². The van der Waals surface area contributed by atoms with Gasteiger partial charge in [-0.15, -0.1) is 0 Å². The van der Waals surface area contributed by atoms with E-state index in [-0.39, 0.29) is 0 Å². The van der Waals surface area contributed by atoms with E-state index in [1.54, 1.807) is 7.11 Å². The first-order chi connectivity index (χ1) is 9.70. The van der Waals surface area contributed by atoms with Crippen LogP contribution < -0.4 is 14.8 Å². The lowest BCUT2D eigenvalue weighted by molar-refractivity contribution is 0.331. The molecule has 0 bridgehead atoms. The second-order valence-electron chi connectivity index (χ2n) is 4.39. The van der Waals surface area contributed by atoms with Gasteiger partial charge in [-0.05, 0) is 58.7 Å². The number of anilines is 1. The second kappa shape index (κ2) is 7.20. The average molecular weight is 336 g/mol. The van der Waals surface area contributed by atoms with Crippen LogP contribution in [0.2, 0.25) is 0 Å². The largest absolute Gasteiger partial charge is 0.497 e. The molecule has 0 radical (unpaired) electrons. The smallest absolute Gasteiger partial charge is 0.119 e. The van der Waals surface area contributed by atoms with Crippen molar-refractivity contribution in [2.75, 3.05) is 25.6 Å². The highest BCUT2D eigenvalue weighted by Crippen LogP contribution is 2.25. The van der Waals surface area contributed by atoms with Crippen molar-refractivity contribution in [3.8, 4) is 11.5 Å². The van der Waals surface area contributed by atoms with Gasteiger partial charge < -0.3 is 14.8 Å². The van der Waals surface area contributed by atoms with Crippen molar-refractivity contribution in [2.45, 2.75) is 6.92 Å². The summed E-state index contributed by atoms with van der Waals surface area (Å²) < 4.78 is 11.9. The third kappa shape index (κ3) is 3.90. The first kappa shape index (κ1) is 14.7. The first-order valence-electron chi connectivity index (χ1n) is 6.46. The number of hydrogen-bond donors (Lipinski definition) is 1. The minimum atomic E-state index is 0.604. The van der Waals surface area contributed by atoms with E-state index in [1.807, 2.05) is 36.4 Å². The molecule has 20 heavy (non-hydrogen) atoms. The summed E-state index contributed by atoms with van der Waals surface area (Å²) in [6.07, 6.45) is 0. The van der Waals surface area contributed by atoms with Crippen molar-refractivity contribution in [3.05, 3.63) is 52.5 Å². The Labute approximate surface area is 128 Å². The van der Waals surface area contributed by atoms with Gasteiger partial charge in [0.2, 0.25) is 0 Å². The number of benzene rings is 2. The van der Waals surface area contributed by atoms with E-state index >= 15 is 0 Å². The van der Waals surface area contributed by atoms with Crippen molar-refractivity contribution in [2.24, 2.45) is 0 Å². The summed E-state index contributed by atoms with van der Waals surface area (Å²) >= 11 is 3.58. The summed E-state index contributed by atoms with van der Waals surface area (Å²) in [6, 6.07) is 13.7. The number of hydrogen-bond acceptors (Lipinski definition) is 3. The topological polar surface area (TPSA) is 30.5 Å². The molecule has 0 spiro atoms. The van der Waals surface area contributed by atoms with Gasteiger partial charge in [0, 0.05) is 16.7 Å². The van der Waals surface area contributed by atoms with Gasteiger partial charge in [0.05, 0.1) is 7.11 Å². The quantitative estimate of drug-likeness (QED) is 0.800. The van der Waals surface area contributed by atoms with Gasteiger partial charge in [-0.2, -0.15) is 0 Å². The van der Waals surface area contributed by atoms with Gasteiger partial charge in [-0.25, -0.2) is 0 Å². The Bertz CT molecular complexity index is 555. The van der Waals surface area contributed by atoms with Crippen LogP contribution in [0.25, 0.3) is 0 Å². The standard InChI is InChI=1S/C16H18BrNO2/c1-12-4-3-5-15(16(12)17)18-10-11-20-14-8-6-13(19-2)7-9-14/h3-9,18H,10-11H2,1-2H3. The van der Waals surface area contributed by atoms with Crippen molar-refractivity contribution in [1.82, 2.24) is 0 Å². The van der Waals surface area contributed by atoms with E-state index in [2.05, 4.69) is 34.2 Å². The summed E-state index contributed by atoms with van der Waals surface area (Å²) in [7, 11) is 1.65. The summed E-state index contributed by atoms with van der Waals surface area (Å²) in [5, 5.41) is 3.35. The van der Waals surface area contributed by atoms with Crippen molar-refractivity contribution in [3.63, 3.8) is 0 Å². The molecule has 2 aromatic rings. The molecular formula is C16H18BrNO2. The Morgan fingerprint density at radius 1 is 1.05 bits per heavy atom. The maximum atomic E-state index is 5.66. The highest BCUT2D eigenvalue weighted by molar-refractivity contribution is 9.10. The van der Waals surface area contributed by atoms with E-state index in [4.69, 9.17) is 9.47 Å². The molecule has 4 heteroatoms. The van der Waals surface area contributed by atoms with Crippen LogP contribution in [0.15, 0.2) is 46.9 Å².